The van der Waals surface area contributed by atoms with Gasteiger partial charge in [0.1, 0.15) is 5.69 Å². The van der Waals surface area contributed by atoms with E-state index in [4.69, 9.17) is 0 Å². The number of rotatable bonds is 6. The largest absolute Gasteiger partial charge is 0.341 e. The Morgan fingerprint density at radius 3 is 2.35 bits per heavy atom. The van der Waals surface area contributed by atoms with Crippen LogP contribution < -0.4 is 4.90 Å². The number of aryl methyl sites for hydroxylation is 1. The van der Waals surface area contributed by atoms with Gasteiger partial charge < -0.3 is 9.80 Å². The van der Waals surface area contributed by atoms with Gasteiger partial charge in [-0.2, -0.15) is 0 Å². The molecule has 2 rings (SSSR count). The molecule has 1 aromatic carbocycles. The molecule has 2 aromatic rings. The first-order valence-corrected chi connectivity index (χ1v) is 7.95. The zero-order valence-electron chi connectivity index (χ0n) is 14.3. The molecule has 0 N–H and O–H groups in total. The van der Waals surface area contributed by atoms with Gasteiger partial charge in [-0.05, 0) is 32.4 Å². The van der Waals surface area contributed by atoms with Crippen molar-refractivity contribution in [2.45, 2.75) is 27.3 Å². The SMILES string of the molecule is CCN(CC)c1nc(C)cc(C(=O)N(C)Cc2ccccc2)n1. The second kappa shape index (κ2) is 7.72. The maximum atomic E-state index is 12.7. The Morgan fingerprint density at radius 2 is 1.74 bits per heavy atom. The van der Waals surface area contributed by atoms with Gasteiger partial charge in [-0.1, -0.05) is 30.3 Å². The molecule has 0 bridgehead atoms. The third-order valence-corrected chi connectivity index (χ3v) is 3.72. The fraction of sp³-hybridized carbons (Fsp3) is 0.389. The number of amides is 1. The summed E-state index contributed by atoms with van der Waals surface area (Å²) >= 11 is 0. The molecular formula is C18H24N4O. The van der Waals surface area contributed by atoms with Crippen LogP contribution in [0.2, 0.25) is 0 Å². The summed E-state index contributed by atoms with van der Waals surface area (Å²) in [6, 6.07) is 11.7. The predicted molar refractivity (Wildman–Crippen MR) is 92.6 cm³/mol. The van der Waals surface area contributed by atoms with E-state index in [1.54, 1.807) is 18.0 Å². The van der Waals surface area contributed by atoms with Gasteiger partial charge in [-0.15, -0.1) is 0 Å². The zero-order chi connectivity index (χ0) is 16.8. The third-order valence-electron chi connectivity index (χ3n) is 3.72. The zero-order valence-corrected chi connectivity index (χ0v) is 14.3. The average Bonchev–Trinajstić information content (AvgIpc) is 2.55. The maximum absolute atomic E-state index is 12.7. The molecule has 0 saturated carbocycles. The molecule has 0 aliphatic heterocycles. The van der Waals surface area contributed by atoms with E-state index in [1.807, 2.05) is 42.2 Å². The third kappa shape index (κ3) is 4.28. The Kier molecular flexibility index (Phi) is 5.68. The lowest BCUT2D eigenvalue weighted by Gasteiger charge is -2.21. The van der Waals surface area contributed by atoms with Gasteiger partial charge in [0.2, 0.25) is 5.95 Å². The molecule has 1 amide bonds. The Balaban J connectivity index is 2.21. The Bertz CT molecular complexity index is 653. The van der Waals surface area contributed by atoms with Crippen molar-refractivity contribution in [1.29, 1.82) is 0 Å². The maximum Gasteiger partial charge on any atom is 0.272 e. The molecule has 0 unspecified atom stereocenters. The molecule has 5 heteroatoms. The van der Waals surface area contributed by atoms with Crippen LogP contribution in [0.3, 0.4) is 0 Å². The summed E-state index contributed by atoms with van der Waals surface area (Å²) in [6.07, 6.45) is 0. The quantitative estimate of drug-likeness (QED) is 0.823. The molecule has 0 aliphatic rings. The molecular weight excluding hydrogens is 288 g/mol. The number of hydrogen-bond donors (Lipinski definition) is 0. The van der Waals surface area contributed by atoms with Crippen molar-refractivity contribution in [3.63, 3.8) is 0 Å². The van der Waals surface area contributed by atoms with Gasteiger partial charge in [0, 0.05) is 32.4 Å². The van der Waals surface area contributed by atoms with Crippen molar-refractivity contribution < 1.29 is 4.79 Å². The predicted octanol–water partition coefficient (Wildman–Crippen LogP) is 2.90. The van der Waals surface area contributed by atoms with E-state index < -0.39 is 0 Å². The number of aromatic nitrogens is 2. The highest BCUT2D eigenvalue weighted by Crippen LogP contribution is 2.13. The average molecular weight is 312 g/mol. The second-order valence-corrected chi connectivity index (χ2v) is 5.51. The number of anilines is 1. The molecule has 1 aromatic heterocycles. The molecule has 0 atom stereocenters. The summed E-state index contributed by atoms with van der Waals surface area (Å²) in [5.74, 6) is 0.527. The van der Waals surface area contributed by atoms with E-state index in [0.29, 0.717) is 18.2 Å². The number of nitrogens with zero attached hydrogens (tertiary/aromatic N) is 4. The molecule has 0 aliphatic carbocycles. The van der Waals surface area contributed by atoms with E-state index in [2.05, 4.69) is 23.8 Å². The van der Waals surface area contributed by atoms with Gasteiger partial charge in [0.25, 0.3) is 5.91 Å². The van der Waals surface area contributed by atoms with Gasteiger partial charge in [0.15, 0.2) is 0 Å². The van der Waals surface area contributed by atoms with Crippen LogP contribution in [0.1, 0.15) is 35.6 Å². The van der Waals surface area contributed by atoms with Crippen LogP contribution in [0.25, 0.3) is 0 Å². The molecule has 0 spiro atoms. The Labute approximate surface area is 138 Å². The smallest absolute Gasteiger partial charge is 0.272 e. The molecule has 5 nitrogen and oxygen atoms in total. The highest BCUT2D eigenvalue weighted by atomic mass is 16.2. The van der Waals surface area contributed by atoms with Gasteiger partial charge >= 0.3 is 0 Å². The first kappa shape index (κ1) is 16.9. The van der Waals surface area contributed by atoms with E-state index >= 15 is 0 Å². The minimum atomic E-state index is -0.0900. The summed E-state index contributed by atoms with van der Waals surface area (Å²) in [7, 11) is 1.80. The summed E-state index contributed by atoms with van der Waals surface area (Å²) in [4.78, 5) is 25.3. The fourth-order valence-corrected chi connectivity index (χ4v) is 2.43. The van der Waals surface area contributed by atoms with Gasteiger partial charge in [0.05, 0.1) is 0 Å². The standard InChI is InChI=1S/C18H24N4O/c1-5-22(6-2)18-19-14(3)12-16(20-18)17(23)21(4)13-15-10-8-7-9-11-15/h7-12H,5-6,13H2,1-4H3. The summed E-state index contributed by atoms with van der Waals surface area (Å²) in [5.41, 5.74) is 2.34. The minimum Gasteiger partial charge on any atom is -0.341 e. The summed E-state index contributed by atoms with van der Waals surface area (Å²) in [5, 5.41) is 0. The second-order valence-electron chi connectivity index (χ2n) is 5.51. The van der Waals surface area contributed by atoms with E-state index in [0.717, 1.165) is 24.3 Å². The van der Waals surface area contributed by atoms with Crippen LogP contribution in [0, 0.1) is 6.92 Å². The molecule has 23 heavy (non-hydrogen) atoms. The van der Waals surface area contributed by atoms with Crippen molar-refractivity contribution >= 4 is 11.9 Å². The van der Waals surface area contributed by atoms with E-state index in [9.17, 15) is 4.79 Å². The molecule has 122 valence electrons. The highest BCUT2D eigenvalue weighted by Gasteiger charge is 2.17. The summed E-state index contributed by atoms with van der Waals surface area (Å²) < 4.78 is 0. The first-order valence-electron chi connectivity index (χ1n) is 7.95. The lowest BCUT2D eigenvalue weighted by atomic mass is 10.2. The Hall–Kier alpha value is -2.43. The fourth-order valence-electron chi connectivity index (χ4n) is 2.43. The molecule has 0 radical (unpaired) electrons. The summed E-state index contributed by atoms with van der Waals surface area (Å²) in [6.45, 7) is 8.18. The van der Waals surface area contributed by atoms with Crippen molar-refractivity contribution in [1.82, 2.24) is 14.9 Å². The lowest BCUT2D eigenvalue weighted by Crippen LogP contribution is -2.29. The molecule has 1 heterocycles. The van der Waals surface area contributed by atoms with Crippen molar-refractivity contribution in [2.75, 3.05) is 25.0 Å². The van der Waals surface area contributed by atoms with Crippen LogP contribution in [-0.2, 0) is 6.54 Å². The van der Waals surface area contributed by atoms with Gasteiger partial charge in [-0.3, -0.25) is 4.79 Å². The van der Waals surface area contributed by atoms with Gasteiger partial charge in [-0.25, -0.2) is 9.97 Å². The van der Waals surface area contributed by atoms with E-state index in [1.165, 1.54) is 0 Å². The van der Waals surface area contributed by atoms with Crippen molar-refractivity contribution in [2.24, 2.45) is 0 Å². The highest BCUT2D eigenvalue weighted by molar-refractivity contribution is 5.92. The molecule has 0 fully saturated rings. The van der Waals surface area contributed by atoms with Crippen LogP contribution in [0.4, 0.5) is 5.95 Å². The number of carbonyl (C=O) groups excluding carboxylic acids is 1. The van der Waals surface area contributed by atoms with Crippen molar-refractivity contribution in [3.05, 3.63) is 53.3 Å². The number of benzene rings is 1. The molecule has 0 saturated heterocycles. The topological polar surface area (TPSA) is 49.3 Å². The monoisotopic (exact) mass is 312 g/mol. The van der Waals surface area contributed by atoms with E-state index in [-0.39, 0.29) is 5.91 Å². The number of hydrogen-bond acceptors (Lipinski definition) is 4. The first-order chi connectivity index (χ1) is 11.0. The minimum absolute atomic E-state index is 0.0900. The lowest BCUT2D eigenvalue weighted by molar-refractivity contribution is 0.0779. The van der Waals surface area contributed by atoms with Crippen LogP contribution >= 0.6 is 0 Å². The Morgan fingerprint density at radius 1 is 1.09 bits per heavy atom. The van der Waals surface area contributed by atoms with Crippen LogP contribution in [-0.4, -0.2) is 40.9 Å². The van der Waals surface area contributed by atoms with Crippen LogP contribution in [0.15, 0.2) is 36.4 Å². The normalized spacial score (nSPS) is 10.4. The van der Waals surface area contributed by atoms with Crippen LogP contribution in [0.5, 0.6) is 0 Å². The van der Waals surface area contributed by atoms with Crippen molar-refractivity contribution in [3.8, 4) is 0 Å². The number of carbonyl (C=O) groups is 1.